The number of hydrogen-bond acceptors (Lipinski definition) is 6. The molecule has 0 radical (unpaired) electrons. The second kappa shape index (κ2) is 7.40. The van der Waals surface area contributed by atoms with Crippen LogP contribution >= 0.6 is 11.3 Å². The summed E-state index contributed by atoms with van der Waals surface area (Å²) in [6.07, 6.45) is 2.55. The van der Waals surface area contributed by atoms with Gasteiger partial charge in [0, 0.05) is 24.0 Å². The molecular formula is C20H24N4O2S. The van der Waals surface area contributed by atoms with Gasteiger partial charge < -0.3 is 9.84 Å². The van der Waals surface area contributed by atoms with E-state index in [2.05, 4.69) is 40.3 Å². The molecule has 0 aromatic carbocycles. The second-order valence-electron chi connectivity index (χ2n) is 7.03. The lowest BCUT2D eigenvalue weighted by Crippen LogP contribution is -2.36. The molecule has 0 spiro atoms. The van der Waals surface area contributed by atoms with Crippen LogP contribution in [-0.2, 0) is 0 Å². The number of aromatic nitrogens is 2. The van der Waals surface area contributed by atoms with Gasteiger partial charge in [0.1, 0.15) is 0 Å². The van der Waals surface area contributed by atoms with E-state index in [4.69, 9.17) is 4.52 Å². The smallest absolute Gasteiger partial charge is 0.259 e. The van der Waals surface area contributed by atoms with Crippen LogP contribution in [0.25, 0.3) is 21.7 Å². The van der Waals surface area contributed by atoms with E-state index >= 15 is 0 Å². The predicted molar refractivity (Wildman–Crippen MR) is 107 cm³/mol. The highest BCUT2D eigenvalue weighted by atomic mass is 32.1. The summed E-state index contributed by atoms with van der Waals surface area (Å²) >= 11 is 1.65. The van der Waals surface area contributed by atoms with Crippen molar-refractivity contribution < 1.29 is 9.32 Å². The van der Waals surface area contributed by atoms with Crippen molar-refractivity contribution in [1.29, 1.82) is 0 Å². The van der Waals surface area contributed by atoms with Gasteiger partial charge in [-0.3, -0.25) is 9.69 Å². The van der Waals surface area contributed by atoms with Crippen LogP contribution in [0, 0.1) is 13.8 Å². The SMILES string of the molecule is CCN(CCNC(=O)c1cc(-c2ccc(C)s2)nc2onc(C)c12)C1CC1. The van der Waals surface area contributed by atoms with Crippen molar-refractivity contribution in [2.24, 2.45) is 0 Å². The first-order valence-corrected chi connectivity index (χ1v) is 10.2. The number of thiophene rings is 1. The molecule has 6 nitrogen and oxygen atoms in total. The Kier molecular flexibility index (Phi) is 4.97. The van der Waals surface area contributed by atoms with Crippen molar-refractivity contribution in [3.63, 3.8) is 0 Å². The Labute approximate surface area is 162 Å². The zero-order valence-electron chi connectivity index (χ0n) is 15.9. The van der Waals surface area contributed by atoms with Gasteiger partial charge >= 0.3 is 0 Å². The average molecular weight is 385 g/mol. The second-order valence-corrected chi connectivity index (χ2v) is 8.32. The molecule has 3 aromatic rings. The first kappa shape index (κ1) is 18.1. The highest BCUT2D eigenvalue weighted by molar-refractivity contribution is 7.15. The van der Waals surface area contributed by atoms with E-state index in [-0.39, 0.29) is 5.91 Å². The van der Waals surface area contributed by atoms with Crippen LogP contribution in [0.5, 0.6) is 0 Å². The number of pyridine rings is 1. The Bertz CT molecular complexity index is 974. The highest BCUT2D eigenvalue weighted by Crippen LogP contribution is 2.31. The molecular weight excluding hydrogens is 360 g/mol. The fraction of sp³-hybridized carbons (Fsp3) is 0.450. The molecule has 0 aliphatic heterocycles. The Morgan fingerprint density at radius 1 is 1.37 bits per heavy atom. The number of nitrogens with zero attached hydrogens (tertiary/aromatic N) is 3. The third-order valence-corrected chi connectivity index (χ3v) is 6.03. The highest BCUT2D eigenvalue weighted by Gasteiger charge is 2.27. The van der Waals surface area contributed by atoms with E-state index in [0.717, 1.165) is 23.7 Å². The fourth-order valence-corrected chi connectivity index (χ4v) is 4.25. The number of amides is 1. The third kappa shape index (κ3) is 3.75. The average Bonchev–Trinajstić information content (AvgIpc) is 3.31. The normalized spacial score (nSPS) is 14.2. The number of nitrogens with one attached hydrogen (secondary N) is 1. The lowest BCUT2D eigenvalue weighted by Gasteiger charge is -2.19. The van der Waals surface area contributed by atoms with E-state index in [0.29, 0.717) is 34.9 Å². The lowest BCUT2D eigenvalue weighted by atomic mass is 10.1. The van der Waals surface area contributed by atoms with Gasteiger partial charge in [0.2, 0.25) is 0 Å². The molecule has 1 saturated carbocycles. The summed E-state index contributed by atoms with van der Waals surface area (Å²) in [5, 5.41) is 7.77. The van der Waals surface area contributed by atoms with Crippen molar-refractivity contribution >= 4 is 28.3 Å². The van der Waals surface area contributed by atoms with Crippen LogP contribution in [-0.4, -0.2) is 46.6 Å². The zero-order valence-corrected chi connectivity index (χ0v) is 16.7. The number of hydrogen-bond donors (Lipinski definition) is 1. The maximum atomic E-state index is 12.9. The molecule has 142 valence electrons. The molecule has 3 heterocycles. The summed E-state index contributed by atoms with van der Waals surface area (Å²) in [5.74, 6) is -0.102. The number of rotatable bonds is 7. The zero-order chi connectivity index (χ0) is 19.0. The third-order valence-electron chi connectivity index (χ3n) is 5.01. The summed E-state index contributed by atoms with van der Waals surface area (Å²) in [6, 6.07) is 6.63. The summed E-state index contributed by atoms with van der Waals surface area (Å²) in [4.78, 5) is 22.1. The largest absolute Gasteiger partial charge is 0.351 e. The summed E-state index contributed by atoms with van der Waals surface area (Å²) in [7, 11) is 0. The van der Waals surface area contributed by atoms with Gasteiger partial charge in [0.15, 0.2) is 0 Å². The van der Waals surface area contributed by atoms with E-state index in [1.54, 1.807) is 11.3 Å². The summed E-state index contributed by atoms with van der Waals surface area (Å²) in [5.41, 5.74) is 2.42. The van der Waals surface area contributed by atoms with Crippen LogP contribution < -0.4 is 5.32 Å². The molecule has 4 rings (SSSR count). The predicted octanol–water partition coefficient (Wildman–Crippen LogP) is 3.78. The first-order chi connectivity index (χ1) is 13.1. The van der Waals surface area contributed by atoms with Crippen LogP contribution in [0.1, 0.15) is 40.7 Å². The van der Waals surface area contributed by atoms with Crippen LogP contribution in [0.3, 0.4) is 0 Å². The molecule has 3 aromatic heterocycles. The minimum absolute atomic E-state index is 0.102. The molecule has 1 aliphatic carbocycles. The molecule has 1 aliphatic rings. The van der Waals surface area contributed by atoms with Gasteiger partial charge in [-0.1, -0.05) is 12.1 Å². The fourth-order valence-electron chi connectivity index (χ4n) is 3.42. The van der Waals surface area contributed by atoms with Crippen molar-refractivity contribution in [1.82, 2.24) is 20.4 Å². The number of likely N-dealkylation sites (N-methyl/N-ethyl adjacent to an activating group) is 1. The molecule has 0 unspecified atom stereocenters. The standard InChI is InChI=1S/C20H24N4O2S/c1-4-24(14-6-7-14)10-9-21-19(25)15-11-16(17-8-5-12(2)27-17)22-20-18(15)13(3)23-26-20/h5,8,11,14H,4,6-7,9-10H2,1-3H3,(H,21,25). The Morgan fingerprint density at radius 3 is 2.85 bits per heavy atom. The van der Waals surface area contributed by atoms with E-state index in [9.17, 15) is 4.79 Å². The van der Waals surface area contributed by atoms with Crippen LogP contribution in [0.15, 0.2) is 22.7 Å². The van der Waals surface area contributed by atoms with E-state index in [1.807, 2.05) is 19.1 Å². The van der Waals surface area contributed by atoms with Crippen molar-refractivity contribution in [2.75, 3.05) is 19.6 Å². The van der Waals surface area contributed by atoms with Crippen LogP contribution in [0.4, 0.5) is 0 Å². The molecule has 27 heavy (non-hydrogen) atoms. The van der Waals surface area contributed by atoms with Gasteiger partial charge in [0.25, 0.3) is 11.6 Å². The summed E-state index contributed by atoms with van der Waals surface area (Å²) in [6.45, 7) is 8.59. The van der Waals surface area contributed by atoms with Gasteiger partial charge in [-0.05, 0) is 51.4 Å². The molecule has 0 atom stereocenters. The molecule has 0 bridgehead atoms. The minimum atomic E-state index is -0.102. The van der Waals surface area contributed by atoms with Crippen LogP contribution in [0.2, 0.25) is 0 Å². The van der Waals surface area contributed by atoms with Crippen molar-refractivity contribution in [3.8, 4) is 10.6 Å². The summed E-state index contributed by atoms with van der Waals surface area (Å²) < 4.78 is 5.36. The monoisotopic (exact) mass is 384 g/mol. The maximum absolute atomic E-state index is 12.9. The first-order valence-electron chi connectivity index (χ1n) is 9.43. The number of fused-ring (bicyclic) bond motifs is 1. The molecule has 1 amide bonds. The quantitative estimate of drug-likeness (QED) is 0.671. The topological polar surface area (TPSA) is 71.3 Å². The Balaban J connectivity index is 1.58. The van der Waals surface area contributed by atoms with Gasteiger partial charge in [-0.25, -0.2) is 4.98 Å². The van der Waals surface area contributed by atoms with Gasteiger partial charge in [0.05, 0.1) is 27.2 Å². The molecule has 1 fully saturated rings. The van der Waals surface area contributed by atoms with Gasteiger partial charge in [-0.15, -0.1) is 11.3 Å². The number of aryl methyl sites for hydroxylation is 2. The maximum Gasteiger partial charge on any atom is 0.259 e. The Morgan fingerprint density at radius 2 is 2.19 bits per heavy atom. The molecule has 1 N–H and O–H groups in total. The number of carbonyl (C=O) groups excluding carboxylic acids is 1. The van der Waals surface area contributed by atoms with E-state index < -0.39 is 0 Å². The molecule has 0 saturated heterocycles. The minimum Gasteiger partial charge on any atom is -0.351 e. The van der Waals surface area contributed by atoms with Crippen molar-refractivity contribution in [3.05, 3.63) is 34.3 Å². The van der Waals surface area contributed by atoms with Gasteiger partial charge in [-0.2, -0.15) is 0 Å². The van der Waals surface area contributed by atoms with E-state index in [1.165, 1.54) is 17.7 Å². The number of carbonyl (C=O) groups is 1. The lowest BCUT2D eigenvalue weighted by molar-refractivity contribution is 0.0949. The molecule has 7 heteroatoms. The van der Waals surface area contributed by atoms with Crippen molar-refractivity contribution in [2.45, 2.75) is 39.7 Å². The Hall–Kier alpha value is -2.25.